The van der Waals surface area contributed by atoms with Crippen molar-refractivity contribution in [1.29, 1.82) is 0 Å². The van der Waals surface area contributed by atoms with E-state index in [2.05, 4.69) is 10.1 Å². The Bertz CT molecular complexity index is 1440. The van der Waals surface area contributed by atoms with E-state index in [0.29, 0.717) is 22.0 Å². The summed E-state index contributed by atoms with van der Waals surface area (Å²) in [4.78, 5) is 67.0. The highest BCUT2D eigenvalue weighted by Crippen LogP contribution is 2.47. The zero-order valence-corrected chi connectivity index (χ0v) is 23.4. The van der Waals surface area contributed by atoms with Gasteiger partial charge in [0.05, 0.1) is 11.3 Å². The molecule has 1 amide bonds. The summed E-state index contributed by atoms with van der Waals surface area (Å²) in [5.41, 5.74) is -1.19. The topological polar surface area (TPSA) is 141 Å². The number of allylic oxidation sites excluding steroid dienone is 1. The van der Waals surface area contributed by atoms with Gasteiger partial charge in [-0.15, -0.1) is 0 Å². The van der Waals surface area contributed by atoms with Crippen LogP contribution in [0.4, 0.5) is 0 Å². The Balaban J connectivity index is 1.49. The minimum Gasteiger partial charge on any atom is -0.443 e. The zero-order valence-electron chi connectivity index (χ0n) is 21.8. The first-order valence-corrected chi connectivity index (χ1v) is 13.6. The van der Waals surface area contributed by atoms with Gasteiger partial charge < -0.3 is 9.47 Å². The van der Waals surface area contributed by atoms with Crippen molar-refractivity contribution in [2.24, 2.45) is 12.5 Å². The number of carbonyl (C=O) groups is 3. The van der Waals surface area contributed by atoms with Gasteiger partial charge in [0, 0.05) is 30.9 Å². The third-order valence-corrected chi connectivity index (χ3v) is 8.63. The largest absolute Gasteiger partial charge is 0.443 e. The number of carbonyl (C=O) groups excluding carboxylic acids is 3. The zero-order chi connectivity index (χ0) is 27.9. The SMILES string of the molecule is CO[C@H]1C(=O)N2C(C(=O)C(C)(C)C)=C(C)C(OC(=O)c3ccc(CSc4nc(=O)c(=O)[nH]n4C)cc3)S[C@@H]12. The molecule has 1 unspecified atom stereocenters. The number of aryl methyl sites for hydroxylation is 1. The fourth-order valence-corrected chi connectivity index (χ4v) is 6.24. The summed E-state index contributed by atoms with van der Waals surface area (Å²) in [6.07, 6.45) is -0.717. The summed E-state index contributed by atoms with van der Waals surface area (Å²) in [6.45, 7) is 7.03. The van der Waals surface area contributed by atoms with Crippen LogP contribution < -0.4 is 11.1 Å². The summed E-state index contributed by atoms with van der Waals surface area (Å²) >= 11 is 2.52. The molecule has 1 aromatic heterocycles. The number of benzene rings is 1. The molecule has 202 valence electrons. The maximum atomic E-state index is 13.2. The Morgan fingerprint density at radius 1 is 1.16 bits per heavy atom. The van der Waals surface area contributed by atoms with Gasteiger partial charge in [0.15, 0.2) is 22.5 Å². The molecule has 1 saturated heterocycles. The average molecular weight is 561 g/mol. The van der Waals surface area contributed by atoms with E-state index >= 15 is 0 Å². The van der Waals surface area contributed by atoms with Gasteiger partial charge in [-0.3, -0.25) is 33.9 Å². The van der Waals surface area contributed by atoms with Crippen molar-refractivity contribution in [2.75, 3.05) is 7.11 Å². The Morgan fingerprint density at radius 3 is 2.42 bits per heavy atom. The van der Waals surface area contributed by atoms with Crippen LogP contribution in [0.1, 0.15) is 43.6 Å². The lowest BCUT2D eigenvalue weighted by molar-refractivity contribution is -0.160. The van der Waals surface area contributed by atoms with Crippen molar-refractivity contribution in [2.45, 2.75) is 55.5 Å². The number of H-pyrrole nitrogens is 1. The van der Waals surface area contributed by atoms with E-state index in [1.54, 1.807) is 59.0 Å². The number of thioether (sulfide) groups is 2. The van der Waals surface area contributed by atoms with Gasteiger partial charge in [0.1, 0.15) is 5.37 Å². The summed E-state index contributed by atoms with van der Waals surface area (Å²) in [7, 11) is 3.02. The first kappa shape index (κ1) is 27.9. The lowest BCUT2D eigenvalue weighted by atomic mass is 9.85. The molecule has 0 aliphatic carbocycles. The maximum Gasteiger partial charge on any atom is 0.339 e. The van der Waals surface area contributed by atoms with Crippen molar-refractivity contribution in [1.82, 2.24) is 19.7 Å². The van der Waals surface area contributed by atoms with Gasteiger partial charge in [-0.25, -0.2) is 4.79 Å². The normalized spacial score (nSPS) is 21.2. The number of hydrogen-bond donors (Lipinski definition) is 1. The van der Waals surface area contributed by atoms with E-state index in [0.717, 1.165) is 5.56 Å². The standard InChI is InChI=1S/C25H28N4O7S2/c1-12-15(17(30)25(2,3)4)29-20(33)16(35-6)21(29)38-23(12)36-22(34)14-9-7-13(8-10-14)11-37-24-26-18(31)19(32)27-28(24)5/h7-10,16,21,23H,11H2,1-6H3,(H,27,32)/t16-,21-,23?/m0/s1. The smallest absolute Gasteiger partial charge is 0.339 e. The highest BCUT2D eigenvalue weighted by atomic mass is 32.2. The number of methoxy groups -OCH3 is 1. The summed E-state index contributed by atoms with van der Waals surface area (Å²) < 4.78 is 12.5. The average Bonchev–Trinajstić information content (AvgIpc) is 2.86. The van der Waals surface area contributed by atoms with Gasteiger partial charge in [-0.2, -0.15) is 4.98 Å². The number of aromatic nitrogens is 3. The van der Waals surface area contributed by atoms with Crippen LogP contribution in [0.5, 0.6) is 0 Å². The van der Waals surface area contributed by atoms with Crippen LogP contribution in [-0.2, 0) is 31.9 Å². The lowest BCUT2D eigenvalue weighted by Crippen LogP contribution is -2.66. The number of β-lactam (4-membered cyclic amide) rings is 1. The van der Waals surface area contributed by atoms with Gasteiger partial charge in [0.25, 0.3) is 5.91 Å². The number of ketones is 1. The van der Waals surface area contributed by atoms with Gasteiger partial charge in [-0.05, 0) is 24.6 Å². The molecule has 11 nitrogen and oxygen atoms in total. The molecule has 1 fully saturated rings. The van der Waals surface area contributed by atoms with E-state index in [4.69, 9.17) is 9.47 Å². The lowest BCUT2D eigenvalue weighted by Gasteiger charge is -2.51. The molecule has 0 spiro atoms. The maximum absolute atomic E-state index is 13.2. The van der Waals surface area contributed by atoms with Crippen molar-refractivity contribution in [3.05, 3.63) is 67.4 Å². The van der Waals surface area contributed by atoms with Gasteiger partial charge in [0.2, 0.25) is 0 Å². The highest BCUT2D eigenvalue weighted by molar-refractivity contribution is 8.00. The summed E-state index contributed by atoms with van der Waals surface area (Å²) in [6, 6.07) is 6.77. The van der Waals surface area contributed by atoms with Crippen LogP contribution >= 0.6 is 23.5 Å². The Morgan fingerprint density at radius 2 is 1.82 bits per heavy atom. The highest BCUT2D eigenvalue weighted by Gasteiger charge is 2.56. The Hall–Kier alpha value is -3.16. The monoisotopic (exact) mass is 560 g/mol. The van der Waals surface area contributed by atoms with E-state index in [1.807, 2.05) is 0 Å². The molecule has 2 aromatic rings. The van der Waals surface area contributed by atoms with E-state index in [-0.39, 0.29) is 17.4 Å². The van der Waals surface area contributed by atoms with E-state index < -0.39 is 39.4 Å². The van der Waals surface area contributed by atoms with Crippen LogP contribution in [0.15, 0.2) is 50.3 Å². The second kappa shape index (κ2) is 10.5. The van der Waals surface area contributed by atoms with Crippen LogP contribution in [0.25, 0.3) is 0 Å². The van der Waals surface area contributed by atoms with Crippen molar-refractivity contribution >= 4 is 41.2 Å². The van der Waals surface area contributed by atoms with E-state index in [9.17, 15) is 24.0 Å². The fraction of sp³-hybridized carbons (Fsp3) is 0.440. The molecule has 1 aromatic carbocycles. The molecular weight excluding hydrogens is 532 g/mol. The number of amides is 1. The molecule has 4 rings (SSSR count). The predicted molar refractivity (Wildman–Crippen MR) is 141 cm³/mol. The van der Waals surface area contributed by atoms with Crippen molar-refractivity contribution < 1.29 is 23.9 Å². The minimum atomic E-state index is -0.854. The van der Waals surface area contributed by atoms with Gasteiger partial charge in [-0.1, -0.05) is 56.4 Å². The molecule has 3 atom stereocenters. The predicted octanol–water partition coefficient (Wildman–Crippen LogP) is 2.06. The molecule has 2 aliphatic heterocycles. The molecule has 38 heavy (non-hydrogen) atoms. The van der Waals surface area contributed by atoms with Crippen molar-refractivity contribution in [3.63, 3.8) is 0 Å². The van der Waals surface area contributed by atoms with Crippen LogP contribution in [0.3, 0.4) is 0 Å². The van der Waals surface area contributed by atoms with Crippen LogP contribution in [-0.4, -0.2) is 61.3 Å². The summed E-state index contributed by atoms with van der Waals surface area (Å²) in [5, 5.41) is 2.28. The number of ether oxygens (including phenoxy) is 2. The van der Waals surface area contributed by atoms with E-state index in [1.165, 1.54) is 40.2 Å². The third kappa shape index (κ3) is 5.22. The molecule has 0 bridgehead atoms. The molecule has 2 aliphatic rings. The molecule has 0 saturated carbocycles. The van der Waals surface area contributed by atoms with Crippen LogP contribution in [0, 0.1) is 5.41 Å². The first-order valence-electron chi connectivity index (χ1n) is 11.7. The Labute approximate surface area is 227 Å². The molecule has 13 heteroatoms. The minimum absolute atomic E-state index is 0.208. The number of Topliss-reactive ketones (excluding diaryl/α,β-unsaturated/α-hetero) is 1. The second-order valence-corrected chi connectivity index (χ2v) is 12.1. The van der Waals surface area contributed by atoms with Gasteiger partial charge >= 0.3 is 17.1 Å². The summed E-state index contributed by atoms with van der Waals surface area (Å²) in [5.74, 6) is -0.612. The number of fused-ring (bicyclic) bond motifs is 1. The number of nitrogens with one attached hydrogen (secondary N) is 1. The number of rotatable bonds is 7. The first-order chi connectivity index (χ1) is 17.8. The second-order valence-electron chi connectivity index (χ2n) is 9.92. The molecule has 0 radical (unpaired) electrons. The van der Waals surface area contributed by atoms with Crippen LogP contribution in [0.2, 0.25) is 0 Å². The number of aromatic amines is 1. The van der Waals surface area contributed by atoms with Crippen molar-refractivity contribution in [3.8, 4) is 0 Å². The quantitative estimate of drug-likeness (QED) is 0.232. The molecule has 1 N–H and O–H groups in total. The molecule has 3 heterocycles. The number of nitrogens with zero attached hydrogens (tertiary/aromatic N) is 3. The third-order valence-electron chi connectivity index (χ3n) is 6.09. The molecular formula is C25H28N4O7S2. The Kier molecular flexibility index (Phi) is 7.73. The number of hydrogen-bond acceptors (Lipinski definition) is 10. The fourth-order valence-electron chi connectivity index (χ4n) is 3.95. The number of esters is 1.